The van der Waals surface area contributed by atoms with Crippen LogP contribution in [0, 0.1) is 13.8 Å². The van der Waals surface area contributed by atoms with E-state index >= 15 is 0 Å². The molecule has 2 aromatic heterocycles. The molecule has 1 fully saturated rings. The number of pyridine rings is 1. The second-order valence-electron chi connectivity index (χ2n) is 7.02. The average molecular weight is 430 g/mol. The minimum absolute atomic E-state index is 0.0658. The van der Waals surface area contributed by atoms with E-state index in [-0.39, 0.29) is 5.91 Å². The summed E-state index contributed by atoms with van der Waals surface area (Å²) in [7, 11) is 0. The summed E-state index contributed by atoms with van der Waals surface area (Å²) in [6.07, 6.45) is 1.76. The van der Waals surface area contributed by atoms with Gasteiger partial charge < -0.3 is 9.80 Å². The largest absolute Gasteiger partial charge is 0.365 e. The normalized spacial score (nSPS) is 14.3. The van der Waals surface area contributed by atoms with E-state index in [9.17, 15) is 4.79 Å². The summed E-state index contributed by atoms with van der Waals surface area (Å²) in [5, 5.41) is 5.58. The molecule has 150 valence electrons. The van der Waals surface area contributed by atoms with Gasteiger partial charge in [-0.15, -0.1) is 0 Å². The number of aromatic nitrogens is 3. The van der Waals surface area contributed by atoms with Crippen LogP contribution in [0.15, 0.2) is 42.6 Å². The number of benzene rings is 1. The van der Waals surface area contributed by atoms with Gasteiger partial charge in [-0.05, 0) is 44.2 Å². The molecule has 1 aromatic carbocycles. The number of halogens is 2. The van der Waals surface area contributed by atoms with Gasteiger partial charge in [0.2, 0.25) is 0 Å². The van der Waals surface area contributed by atoms with E-state index in [1.165, 1.54) is 0 Å². The number of nitrogens with zero attached hydrogens (tertiary/aromatic N) is 5. The molecule has 3 aromatic rings. The Kier molecular flexibility index (Phi) is 5.48. The molecule has 0 aliphatic carbocycles. The van der Waals surface area contributed by atoms with Crippen LogP contribution in [0.1, 0.15) is 21.7 Å². The van der Waals surface area contributed by atoms with Crippen LogP contribution in [-0.4, -0.2) is 51.8 Å². The highest BCUT2D eigenvalue weighted by Gasteiger charge is 2.27. The third kappa shape index (κ3) is 3.82. The maximum atomic E-state index is 12.9. The van der Waals surface area contributed by atoms with Crippen molar-refractivity contribution in [3.8, 4) is 5.82 Å². The first-order valence-corrected chi connectivity index (χ1v) is 10.2. The summed E-state index contributed by atoms with van der Waals surface area (Å²) in [5.74, 6) is 0.731. The van der Waals surface area contributed by atoms with Crippen molar-refractivity contribution in [1.29, 1.82) is 0 Å². The van der Waals surface area contributed by atoms with Gasteiger partial charge in [0, 0.05) is 37.4 Å². The number of hydrogen-bond acceptors (Lipinski definition) is 4. The molecule has 3 heterocycles. The lowest BCUT2D eigenvalue weighted by molar-refractivity contribution is 0.0747. The Morgan fingerprint density at radius 1 is 1.03 bits per heavy atom. The molecule has 1 amide bonds. The third-order valence-electron chi connectivity index (χ3n) is 5.16. The van der Waals surface area contributed by atoms with Gasteiger partial charge in [0.05, 0.1) is 27.7 Å². The van der Waals surface area contributed by atoms with E-state index in [1.54, 1.807) is 24.4 Å². The number of anilines is 1. The van der Waals surface area contributed by atoms with E-state index < -0.39 is 0 Å². The van der Waals surface area contributed by atoms with Gasteiger partial charge in [0.1, 0.15) is 0 Å². The maximum Gasteiger partial charge on any atom is 0.255 e. The standard InChI is InChI=1S/C21H21Cl2N5O/c1-14-20(15(2)28(25-14)19-5-3-4-8-24-19)26-9-11-27(12-10-26)21(29)17-7-6-16(22)13-18(17)23/h3-8,13H,9-12H2,1-2H3. The van der Waals surface area contributed by atoms with Crippen LogP contribution in [0.5, 0.6) is 0 Å². The summed E-state index contributed by atoms with van der Waals surface area (Å²) in [6, 6.07) is 10.8. The summed E-state index contributed by atoms with van der Waals surface area (Å²) < 4.78 is 1.87. The van der Waals surface area contributed by atoms with Crippen molar-refractivity contribution in [2.75, 3.05) is 31.1 Å². The molecule has 0 spiro atoms. The van der Waals surface area contributed by atoms with Crippen molar-refractivity contribution in [2.45, 2.75) is 13.8 Å². The number of carbonyl (C=O) groups is 1. The van der Waals surface area contributed by atoms with Crippen LogP contribution < -0.4 is 4.90 Å². The van der Waals surface area contributed by atoms with Crippen molar-refractivity contribution in [2.24, 2.45) is 0 Å². The second kappa shape index (κ2) is 8.05. The van der Waals surface area contributed by atoms with Gasteiger partial charge in [-0.3, -0.25) is 4.79 Å². The quantitative estimate of drug-likeness (QED) is 0.627. The van der Waals surface area contributed by atoms with E-state index in [2.05, 4.69) is 21.9 Å². The van der Waals surface area contributed by atoms with Gasteiger partial charge in [-0.1, -0.05) is 29.3 Å². The van der Waals surface area contributed by atoms with Crippen LogP contribution >= 0.6 is 23.2 Å². The molecule has 1 aliphatic heterocycles. The number of rotatable bonds is 3. The van der Waals surface area contributed by atoms with E-state index in [4.69, 9.17) is 23.2 Å². The molecule has 1 saturated heterocycles. The summed E-state index contributed by atoms with van der Waals surface area (Å²) >= 11 is 12.2. The number of carbonyl (C=O) groups excluding carboxylic acids is 1. The first kappa shape index (κ1) is 19.7. The number of hydrogen-bond donors (Lipinski definition) is 0. The molecule has 4 rings (SSSR count). The van der Waals surface area contributed by atoms with Gasteiger partial charge >= 0.3 is 0 Å². The molecule has 0 unspecified atom stereocenters. The van der Waals surface area contributed by atoms with Crippen molar-refractivity contribution in [3.63, 3.8) is 0 Å². The fraction of sp³-hybridized carbons (Fsp3) is 0.286. The van der Waals surface area contributed by atoms with Crippen molar-refractivity contribution >= 4 is 34.8 Å². The molecule has 29 heavy (non-hydrogen) atoms. The second-order valence-corrected chi connectivity index (χ2v) is 7.87. The van der Waals surface area contributed by atoms with Crippen molar-refractivity contribution in [3.05, 3.63) is 69.6 Å². The first-order valence-electron chi connectivity index (χ1n) is 9.42. The Balaban J connectivity index is 1.50. The zero-order valence-electron chi connectivity index (χ0n) is 16.3. The minimum atomic E-state index is -0.0658. The number of aryl methyl sites for hydroxylation is 1. The number of piperazine rings is 1. The Morgan fingerprint density at radius 3 is 2.45 bits per heavy atom. The van der Waals surface area contributed by atoms with Crippen molar-refractivity contribution < 1.29 is 4.79 Å². The van der Waals surface area contributed by atoms with Gasteiger partial charge in [-0.25, -0.2) is 9.67 Å². The molecular weight excluding hydrogens is 409 g/mol. The predicted octanol–water partition coefficient (Wildman–Crippen LogP) is 4.15. The molecule has 8 heteroatoms. The monoisotopic (exact) mass is 429 g/mol. The van der Waals surface area contributed by atoms with Gasteiger partial charge in [0.25, 0.3) is 5.91 Å². The summed E-state index contributed by atoms with van der Waals surface area (Å²) in [4.78, 5) is 21.4. The molecule has 0 radical (unpaired) electrons. The van der Waals surface area contributed by atoms with Crippen LogP contribution in [0.4, 0.5) is 5.69 Å². The Labute approximate surface area is 179 Å². The lowest BCUT2D eigenvalue weighted by Gasteiger charge is -2.36. The average Bonchev–Trinajstić information content (AvgIpc) is 3.02. The van der Waals surface area contributed by atoms with E-state index in [1.807, 2.05) is 34.7 Å². The first-order chi connectivity index (χ1) is 14.0. The highest BCUT2D eigenvalue weighted by atomic mass is 35.5. The zero-order chi connectivity index (χ0) is 20.5. The molecule has 0 N–H and O–H groups in total. The smallest absolute Gasteiger partial charge is 0.255 e. The van der Waals surface area contributed by atoms with Crippen LogP contribution in [-0.2, 0) is 0 Å². The molecule has 0 bridgehead atoms. The highest BCUT2D eigenvalue weighted by molar-refractivity contribution is 6.36. The third-order valence-corrected chi connectivity index (χ3v) is 5.71. The van der Waals surface area contributed by atoms with Crippen LogP contribution in [0.25, 0.3) is 5.82 Å². The lowest BCUT2D eigenvalue weighted by atomic mass is 10.1. The fourth-order valence-electron chi connectivity index (χ4n) is 3.76. The predicted molar refractivity (Wildman–Crippen MR) is 115 cm³/mol. The van der Waals surface area contributed by atoms with E-state index in [0.29, 0.717) is 28.7 Å². The summed E-state index contributed by atoms with van der Waals surface area (Å²) in [5.41, 5.74) is 3.59. The topological polar surface area (TPSA) is 54.3 Å². The molecule has 6 nitrogen and oxygen atoms in total. The minimum Gasteiger partial charge on any atom is -0.365 e. The summed E-state index contributed by atoms with van der Waals surface area (Å²) in [6.45, 7) is 6.75. The van der Waals surface area contributed by atoms with E-state index in [0.717, 1.165) is 36.0 Å². The fourth-order valence-corrected chi connectivity index (χ4v) is 4.25. The molecule has 1 aliphatic rings. The molecule has 0 saturated carbocycles. The van der Waals surface area contributed by atoms with Gasteiger partial charge in [-0.2, -0.15) is 5.10 Å². The van der Waals surface area contributed by atoms with Crippen molar-refractivity contribution in [1.82, 2.24) is 19.7 Å². The lowest BCUT2D eigenvalue weighted by Crippen LogP contribution is -2.49. The zero-order valence-corrected chi connectivity index (χ0v) is 17.8. The Bertz CT molecular complexity index is 1040. The maximum absolute atomic E-state index is 12.9. The SMILES string of the molecule is Cc1nn(-c2ccccn2)c(C)c1N1CCN(C(=O)c2ccc(Cl)cc2Cl)CC1. The highest BCUT2D eigenvalue weighted by Crippen LogP contribution is 2.28. The number of amides is 1. The van der Waals surface area contributed by atoms with Crippen LogP contribution in [0.2, 0.25) is 10.0 Å². The Hall–Kier alpha value is -2.57. The molecular formula is C21H21Cl2N5O. The van der Waals surface area contributed by atoms with Gasteiger partial charge in [0.15, 0.2) is 5.82 Å². The Morgan fingerprint density at radius 2 is 1.79 bits per heavy atom. The van der Waals surface area contributed by atoms with Crippen LogP contribution in [0.3, 0.4) is 0 Å². The molecule has 0 atom stereocenters.